The van der Waals surface area contributed by atoms with E-state index >= 15 is 0 Å². The van der Waals surface area contributed by atoms with Crippen molar-refractivity contribution in [3.05, 3.63) is 177 Å². The van der Waals surface area contributed by atoms with E-state index in [1.165, 1.54) is 19.2 Å². The maximum Gasteiger partial charge on any atom is 0.202 e. The van der Waals surface area contributed by atoms with Crippen molar-refractivity contribution in [2.45, 2.75) is 50.7 Å². The highest BCUT2D eigenvalue weighted by atomic mass is 35.5. The number of rotatable bonds is 12. The number of ether oxygens (including phenoxy) is 5. The summed E-state index contributed by atoms with van der Waals surface area (Å²) < 4.78 is 32.1. The van der Waals surface area contributed by atoms with Gasteiger partial charge in [0.15, 0.2) is 5.78 Å². The standard InChI is InChI=1S/C46H39ClO8/c1-51-45-34(47)22-21-33-40(45)44(50)41-39(42(33)48)32-20-12-11-19-31(32)38(43(41)49)35-23-36(53-25-29-15-7-3-8-16-29)46(54-26-30-17-9-4-10-18-30)37(55-35)27-52-24-28-13-5-2-6-14-28/h2-22,35-37,46,49H,23-27H2,1H3/t35-,36-,37-,46+/m1/s1. The molecule has 0 radical (unpaired) electrons. The number of phenolic OH excluding ortho intramolecular Hbond substituents is 1. The minimum atomic E-state index is -0.788. The van der Waals surface area contributed by atoms with Crippen molar-refractivity contribution in [2.24, 2.45) is 0 Å². The van der Waals surface area contributed by atoms with Gasteiger partial charge in [-0.3, -0.25) is 9.59 Å². The van der Waals surface area contributed by atoms with E-state index in [-0.39, 0.29) is 51.8 Å². The van der Waals surface area contributed by atoms with Gasteiger partial charge < -0.3 is 28.8 Å². The number of fused-ring (bicyclic) bond motifs is 4. The number of halogens is 1. The maximum absolute atomic E-state index is 14.5. The van der Waals surface area contributed by atoms with Crippen LogP contribution in [0.2, 0.25) is 5.02 Å². The van der Waals surface area contributed by atoms with Gasteiger partial charge in [0.1, 0.15) is 23.7 Å². The Kier molecular flexibility index (Phi) is 10.8. The molecule has 0 unspecified atom stereocenters. The maximum atomic E-state index is 14.5. The second kappa shape index (κ2) is 16.2. The Balaban J connectivity index is 1.22. The molecule has 1 N–H and O–H groups in total. The minimum absolute atomic E-state index is 0.0132. The second-order valence-corrected chi connectivity index (χ2v) is 14.1. The molecule has 0 amide bonds. The highest BCUT2D eigenvalue weighted by molar-refractivity contribution is 6.37. The zero-order chi connectivity index (χ0) is 37.9. The predicted molar refractivity (Wildman–Crippen MR) is 209 cm³/mol. The monoisotopic (exact) mass is 754 g/mol. The number of methoxy groups -OCH3 is 1. The van der Waals surface area contributed by atoms with Crippen LogP contribution in [-0.2, 0) is 38.8 Å². The molecule has 1 aliphatic heterocycles. The van der Waals surface area contributed by atoms with Crippen molar-refractivity contribution in [3.63, 3.8) is 0 Å². The van der Waals surface area contributed by atoms with E-state index in [1.807, 2.05) is 103 Å². The Bertz CT molecular complexity index is 2330. The Hall–Kier alpha value is -5.35. The van der Waals surface area contributed by atoms with Crippen LogP contribution in [-0.4, -0.2) is 48.7 Å². The van der Waals surface area contributed by atoms with Gasteiger partial charge in [-0.05, 0) is 39.6 Å². The van der Waals surface area contributed by atoms with E-state index in [0.29, 0.717) is 36.2 Å². The molecular weight excluding hydrogens is 716 g/mol. The molecule has 1 fully saturated rings. The van der Waals surface area contributed by atoms with Crippen molar-refractivity contribution < 1.29 is 38.4 Å². The molecule has 8 rings (SSSR count). The van der Waals surface area contributed by atoms with Gasteiger partial charge in [-0.25, -0.2) is 0 Å². The quantitative estimate of drug-likeness (QED) is 0.132. The summed E-state index contributed by atoms with van der Waals surface area (Å²) in [5.74, 6) is -1.23. The molecule has 1 aliphatic carbocycles. The third kappa shape index (κ3) is 7.27. The summed E-state index contributed by atoms with van der Waals surface area (Å²) in [7, 11) is 1.39. The number of phenols is 1. The number of hydrogen-bond acceptors (Lipinski definition) is 8. The van der Waals surface area contributed by atoms with Crippen LogP contribution in [0.4, 0.5) is 0 Å². The zero-order valence-electron chi connectivity index (χ0n) is 30.2. The highest BCUT2D eigenvalue weighted by Crippen LogP contribution is 2.49. The lowest BCUT2D eigenvalue weighted by Crippen LogP contribution is -2.50. The fourth-order valence-corrected chi connectivity index (χ4v) is 7.94. The van der Waals surface area contributed by atoms with Gasteiger partial charge >= 0.3 is 0 Å². The Morgan fingerprint density at radius 3 is 1.89 bits per heavy atom. The fourth-order valence-electron chi connectivity index (χ4n) is 7.70. The van der Waals surface area contributed by atoms with Crippen LogP contribution in [0, 0.1) is 0 Å². The first-order valence-corrected chi connectivity index (χ1v) is 18.6. The van der Waals surface area contributed by atoms with Crippen LogP contribution in [0.3, 0.4) is 0 Å². The topological polar surface area (TPSA) is 101 Å². The summed E-state index contributed by atoms with van der Waals surface area (Å²) in [6.45, 7) is 1.12. The summed E-state index contributed by atoms with van der Waals surface area (Å²) in [5, 5.41) is 13.6. The van der Waals surface area contributed by atoms with E-state index < -0.39 is 36.0 Å². The lowest BCUT2D eigenvalue weighted by molar-refractivity contribution is -0.222. The van der Waals surface area contributed by atoms with Crippen molar-refractivity contribution >= 4 is 33.9 Å². The Morgan fingerprint density at radius 2 is 1.25 bits per heavy atom. The molecule has 6 aromatic rings. The SMILES string of the molecule is COc1c(Cl)ccc2c1C(=O)c1c(O)c([C@H]3C[C@@H](OCc4ccccc4)[C@H](OCc4ccccc4)[C@@H](COCc4ccccc4)O3)c3ccccc3c1C2=O. The molecule has 1 heterocycles. The zero-order valence-corrected chi connectivity index (χ0v) is 30.9. The molecule has 8 nitrogen and oxygen atoms in total. The molecule has 2 aliphatic rings. The van der Waals surface area contributed by atoms with Gasteiger partial charge in [0.2, 0.25) is 5.78 Å². The summed E-state index contributed by atoms with van der Waals surface area (Å²) in [6.07, 6.45) is -2.27. The third-order valence-electron chi connectivity index (χ3n) is 10.3. The minimum Gasteiger partial charge on any atom is -0.507 e. The van der Waals surface area contributed by atoms with Gasteiger partial charge in [-0.2, -0.15) is 0 Å². The average molecular weight is 755 g/mol. The summed E-state index contributed by atoms with van der Waals surface area (Å²) >= 11 is 6.45. The molecule has 6 aromatic carbocycles. The third-order valence-corrected chi connectivity index (χ3v) is 10.6. The Labute approximate surface area is 324 Å². The van der Waals surface area contributed by atoms with Crippen LogP contribution < -0.4 is 4.74 Å². The van der Waals surface area contributed by atoms with E-state index in [2.05, 4.69) is 0 Å². The fraction of sp³-hybridized carbons (Fsp3) is 0.217. The molecule has 55 heavy (non-hydrogen) atoms. The van der Waals surface area contributed by atoms with Crippen LogP contribution in [0.15, 0.2) is 127 Å². The lowest BCUT2D eigenvalue weighted by Gasteiger charge is -2.42. The van der Waals surface area contributed by atoms with Crippen molar-refractivity contribution in [1.29, 1.82) is 0 Å². The van der Waals surface area contributed by atoms with Gasteiger partial charge in [0, 0.05) is 23.1 Å². The number of benzene rings is 6. The molecule has 4 atom stereocenters. The van der Waals surface area contributed by atoms with Crippen LogP contribution in [0.25, 0.3) is 10.8 Å². The number of carbonyl (C=O) groups excluding carboxylic acids is 2. The Morgan fingerprint density at radius 1 is 0.673 bits per heavy atom. The average Bonchev–Trinajstić information content (AvgIpc) is 3.22. The van der Waals surface area contributed by atoms with Gasteiger partial charge in [-0.1, -0.05) is 127 Å². The first-order valence-electron chi connectivity index (χ1n) is 18.2. The van der Waals surface area contributed by atoms with Gasteiger partial charge in [-0.15, -0.1) is 0 Å². The van der Waals surface area contributed by atoms with Gasteiger partial charge in [0.25, 0.3) is 0 Å². The van der Waals surface area contributed by atoms with E-state index in [4.69, 9.17) is 35.3 Å². The van der Waals surface area contributed by atoms with Crippen molar-refractivity contribution in [1.82, 2.24) is 0 Å². The van der Waals surface area contributed by atoms with E-state index in [0.717, 1.165) is 16.7 Å². The normalized spacial score (nSPS) is 19.2. The van der Waals surface area contributed by atoms with Crippen LogP contribution in [0.1, 0.15) is 66.6 Å². The molecular formula is C46H39ClO8. The molecule has 0 spiro atoms. The first-order chi connectivity index (χ1) is 26.9. The summed E-state index contributed by atoms with van der Waals surface area (Å²) in [6, 6.07) is 40.0. The first kappa shape index (κ1) is 36.6. The molecule has 9 heteroatoms. The van der Waals surface area contributed by atoms with Crippen LogP contribution in [0.5, 0.6) is 11.5 Å². The van der Waals surface area contributed by atoms with Gasteiger partial charge in [0.05, 0.1) is 61.9 Å². The molecule has 0 saturated carbocycles. The summed E-state index contributed by atoms with van der Waals surface area (Å²) in [4.78, 5) is 28.7. The molecule has 278 valence electrons. The molecule has 0 bridgehead atoms. The number of hydrogen-bond donors (Lipinski definition) is 1. The van der Waals surface area contributed by atoms with E-state index in [1.54, 1.807) is 12.1 Å². The summed E-state index contributed by atoms with van der Waals surface area (Å²) in [5.41, 5.74) is 3.55. The number of ketones is 2. The largest absolute Gasteiger partial charge is 0.507 e. The number of aromatic hydroxyl groups is 1. The van der Waals surface area contributed by atoms with Crippen LogP contribution >= 0.6 is 11.6 Å². The lowest BCUT2D eigenvalue weighted by atomic mass is 9.78. The van der Waals surface area contributed by atoms with Crippen molar-refractivity contribution in [2.75, 3.05) is 13.7 Å². The predicted octanol–water partition coefficient (Wildman–Crippen LogP) is 9.20. The smallest absolute Gasteiger partial charge is 0.202 e. The van der Waals surface area contributed by atoms with Crippen molar-refractivity contribution in [3.8, 4) is 11.5 Å². The molecule has 0 aromatic heterocycles. The molecule has 1 saturated heterocycles. The van der Waals surface area contributed by atoms with E-state index in [9.17, 15) is 14.7 Å². The second-order valence-electron chi connectivity index (χ2n) is 13.7. The highest BCUT2D eigenvalue weighted by Gasteiger charge is 2.45. The number of carbonyl (C=O) groups is 2.